The van der Waals surface area contributed by atoms with Crippen molar-refractivity contribution in [2.45, 2.75) is 38.5 Å². The Morgan fingerprint density at radius 3 is 2.60 bits per heavy atom. The second-order valence-electron chi connectivity index (χ2n) is 7.10. The van der Waals surface area contributed by atoms with Gasteiger partial charge in [0.2, 0.25) is 0 Å². The maximum atomic E-state index is 12.5. The van der Waals surface area contributed by atoms with Crippen molar-refractivity contribution in [1.29, 1.82) is 0 Å². The lowest BCUT2D eigenvalue weighted by Gasteiger charge is -2.32. The van der Waals surface area contributed by atoms with Crippen molar-refractivity contribution in [2.24, 2.45) is 0 Å². The first-order chi connectivity index (χ1) is 12.3. The van der Waals surface area contributed by atoms with Crippen LogP contribution in [0.15, 0.2) is 48.5 Å². The smallest absolute Gasteiger partial charge is 0.251 e. The summed E-state index contributed by atoms with van der Waals surface area (Å²) in [7, 11) is 0. The number of likely N-dealkylation sites (tertiary alicyclic amines) is 1. The Labute approximate surface area is 149 Å². The summed E-state index contributed by atoms with van der Waals surface area (Å²) >= 11 is 0. The average Bonchev–Trinajstić information content (AvgIpc) is 3.12. The topological polar surface area (TPSA) is 44.4 Å². The molecular weight excluding hydrogens is 310 g/mol. The van der Waals surface area contributed by atoms with E-state index in [1.165, 1.54) is 16.7 Å². The number of amides is 1. The molecule has 0 aliphatic carbocycles. The maximum absolute atomic E-state index is 12.5. The van der Waals surface area contributed by atoms with Crippen LogP contribution in [0, 0.1) is 0 Å². The van der Waals surface area contributed by atoms with E-state index in [-0.39, 0.29) is 11.9 Å². The molecule has 2 aromatic rings. The molecule has 1 fully saturated rings. The Hall–Kier alpha value is -2.17. The van der Waals surface area contributed by atoms with Gasteiger partial charge in [0.15, 0.2) is 0 Å². The molecule has 2 aromatic carbocycles. The van der Waals surface area contributed by atoms with Gasteiger partial charge in [-0.25, -0.2) is 0 Å². The first kappa shape index (κ1) is 16.3. The molecule has 1 saturated heterocycles. The van der Waals surface area contributed by atoms with E-state index in [9.17, 15) is 4.79 Å². The van der Waals surface area contributed by atoms with Crippen LogP contribution in [0.4, 0.5) is 0 Å². The molecule has 2 aliphatic rings. The molecule has 4 nitrogen and oxygen atoms in total. The van der Waals surface area contributed by atoms with Crippen molar-refractivity contribution in [2.75, 3.05) is 13.1 Å². The van der Waals surface area contributed by atoms with Crippen LogP contribution in [0.3, 0.4) is 0 Å². The fourth-order valence-electron chi connectivity index (χ4n) is 3.78. The lowest BCUT2D eigenvalue weighted by molar-refractivity contribution is 0.0909. The number of fused-ring (bicyclic) bond motifs is 1. The van der Waals surface area contributed by atoms with Crippen LogP contribution in [0.5, 0.6) is 0 Å². The highest BCUT2D eigenvalue weighted by Crippen LogP contribution is 2.18. The summed E-state index contributed by atoms with van der Waals surface area (Å²) in [6.45, 7) is 4.85. The van der Waals surface area contributed by atoms with E-state index in [1.54, 1.807) is 0 Å². The monoisotopic (exact) mass is 335 g/mol. The Balaban J connectivity index is 1.29. The minimum atomic E-state index is 0.0659. The Bertz CT molecular complexity index is 736. The first-order valence-corrected chi connectivity index (χ1v) is 9.17. The summed E-state index contributed by atoms with van der Waals surface area (Å²) in [4.78, 5) is 15.0. The van der Waals surface area contributed by atoms with E-state index in [1.807, 2.05) is 12.1 Å². The molecule has 2 heterocycles. The third-order valence-corrected chi connectivity index (χ3v) is 5.27. The quantitative estimate of drug-likeness (QED) is 0.903. The minimum absolute atomic E-state index is 0.0659. The average molecular weight is 335 g/mol. The van der Waals surface area contributed by atoms with E-state index >= 15 is 0 Å². The molecule has 2 N–H and O–H groups in total. The van der Waals surface area contributed by atoms with Crippen LogP contribution < -0.4 is 10.6 Å². The van der Waals surface area contributed by atoms with Crippen LogP contribution in [-0.4, -0.2) is 29.9 Å². The van der Waals surface area contributed by atoms with E-state index in [0.717, 1.165) is 51.1 Å². The van der Waals surface area contributed by atoms with E-state index in [0.29, 0.717) is 0 Å². The molecule has 1 amide bonds. The molecule has 130 valence electrons. The fourth-order valence-corrected chi connectivity index (χ4v) is 3.78. The molecule has 0 radical (unpaired) electrons. The van der Waals surface area contributed by atoms with Crippen molar-refractivity contribution in [3.8, 4) is 0 Å². The van der Waals surface area contributed by atoms with Gasteiger partial charge in [-0.2, -0.15) is 0 Å². The molecule has 0 saturated carbocycles. The standard InChI is InChI=1S/C21H25N3O/c25-21(17-6-7-18-13-22-14-19(18)12-17)23-20-8-10-24(11-9-20)15-16-4-2-1-3-5-16/h1-7,12,20,22H,8-11,13-15H2,(H,23,25). The third kappa shape index (κ3) is 3.91. The normalized spacial score (nSPS) is 18.1. The van der Waals surface area contributed by atoms with Crippen LogP contribution in [-0.2, 0) is 19.6 Å². The highest BCUT2D eigenvalue weighted by molar-refractivity contribution is 5.94. The van der Waals surface area contributed by atoms with Gasteiger partial charge in [0.05, 0.1) is 0 Å². The number of carbonyl (C=O) groups is 1. The number of hydrogen-bond donors (Lipinski definition) is 2. The third-order valence-electron chi connectivity index (χ3n) is 5.27. The predicted molar refractivity (Wildman–Crippen MR) is 99.2 cm³/mol. The number of piperidine rings is 1. The number of nitrogens with zero attached hydrogens (tertiary/aromatic N) is 1. The molecule has 4 heteroatoms. The lowest BCUT2D eigenvalue weighted by Crippen LogP contribution is -2.44. The Kier molecular flexibility index (Phi) is 4.81. The van der Waals surface area contributed by atoms with E-state index in [2.05, 4.69) is 51.9 Å². The highest BCUT2D eigenvalue weighted by atomic mass is 16.1. The van der Waals surface area contributed by atoms with E-state index in [4.69, 9.17) is 0 Å². The number of nitrogens with one attached hydrogen (secondary N) is 2. The molecule has 0 atom stereocenters. The molecule has 0 unspecified atom stereocenters. The van der Waals surface area contributed by atoms with Crippen LogP contribution in [0.1, 0.15) is 39.9 Å². The number of benzene rings is 2. The van der Waals surface area contributed by atoms with Gasteiger partial charge in [0, 0.05) is 44.3 Å². The van der Waals surface area contributed by atoms with Gasteiger partial charge in [-0.15, -0.1) is 0 Å². The molecular formula is C21H25N3O. The van der Waals surface area contributed by atoms with Gasteiger partial charge in [-0.1, -0.05) is 36.4 Å². The molecule has 0 aromatic heterocycles. The number of hydrogen-bond acceptors (Lipinski definition) is 3. The van der Waals surface area contributed by atoms with Gasteiger partial charge in [0.25, 0.3) is 5.91 Å². The van der Waals surface area contributed by atoms with Crippen molar-refractivity contribution < 1.29 is 4.79 Å². The summed E-state index contributed by atoms with van der Waals surface area (Å²) in [6.07, 6.45) is 2.04. The lowest BCUT2D eigenvalue weighted by atomic mass is 10.0. The van der Waals surface area contributed by atoms with Gasteiger partial charge >= 0.3 is 0 Å². The summed E-state index contributed by atoms with van der Waals surface area (Å²) in [5, 5.41) is 6.55. The molecule has 2 aliphatic heterocycles. The fraction of sp³-hybridized carbons (Fsp3) is 0.381. The van der Waals surface area contributed by atoms with E-state index < -0.39 is 0 Å². The van der Waals surface area contributed by atoms with Crippen LogP contribution in [0.25, 0.3) is 0 Å². The summed E-state index contributed by atoms with van der Waals surface area (Å²) in [6, 6.07) is 16.9. The summed E-state index contributed by atoms with van der Waals surface area (Å²) in [5.74, 6) is 0.0659. The molecule has 0 spiro atoms. The second-order valence-corrected chi connectivity index (χ2v) is 7.10. The molecule has 0 bridgehead atoms. The summed E-state index contributed by atoms with van der Waals surface area (Å²) in [5.41, 5.74) is 4.71. The number of carbonyl (C=O) groups excluding carboxylic acids is 1. The Morgan fingerprint density at radius 2 is 1.80 bits per heavy atom. The molecule has 4 rings (SSSR count). The van der Waals surface area contributed by atoms with Crippen molar-refractivity contribution in [3.05, 3.63) is 70.8 Å². The van der Waals surface area contributed by atoms with Gasteiger partial charge < -0.3 is 10.6 Å². The van der Waals surface area contributed by atoms with Crippen LogP contribution >= 0.6 is 0 Å². The van der Waals surface area contributed by atoms with Crippen molar-refractivity contribution in [3.63, 3.8) is 0 Å². The summed E-state index contributed by atoms with van der Waals surface area (Å²) < 4.78 is 0. The Morgan fingerprint density at radius 1 is 1.04 bits per heavy atom. The van der Waals surface area contributed by atoms with Gasteiger partial charge in [-0.05, 0) is 41.7 Å². The number of rotatable bonds is 4. The zero-order valence-corrected chi connectivity index (χ0v) is 14.5. The molecule has 25 heavy (non-hydrogen) atoms. The van der Waals surface area contributed by atoms with Crippen molar-refractivity contribution in [1.82, 2.24) is 15.5 Å². The second kappa shape index (κ2) is 7.38. The van der Waals surface area contributed by atoms with Crippen molar-refractivity contribution >= 4 is 5.91 Å². The predicted octanol–water partition coefficient (Wildman–Crippen LogP) is 2.68. The zero-order chi connectivity index (χ0) is 17.1. The first-order valence-electron chi connectivity index (χ1n) is 9.17. The van der Waals surface area contributed by atoms with Gasteiger partial charge in [-0.3, -0.25) is 9.69 Å². The maximum Gasteiger partial charge on any atom is 0.251 e. The minimum Gasteiger partial charge on any atom is -0.349 e. The largest absolute Gasteiger partial charge is 0.349 e. The highest BCUT2D eigenvalue weighted by Gasteiger charge is 2.22. The zero-order valence-electron chi connectivity index (χ0n) is 14.5. The van der Waals surface area contributed by atoms with Gasteiger partial charge in [0.1, 0.15) is 0 Å². The SMILES string of the molecule is O=C(NC1CCN(Cc2ccccc2)CC1)c1ccc2c(c1)CNC2. The van der Waals surface area contributed by atoms with Crippen LogP contribution in [0.2, 0.25) is 0 Å².